The molecule has 1 aromatic rings. The highest BCUT2D eigenvalue weighted by atomic mass is 16.3. The number of aliphatic hydroxyl groups is 2. The molecular formula is C25H31NO3. The van der Waals surface area contributed by atoms with Crippen LogP contribution in [0.15, 0.2) is 47.1 Å². The molecule has 5 rings (SSSR count). The SMILES string of the molecule is CN(C)c1ccc(C2CC3(O)C(O)CCC3C3CCC4=CC(=O)CCC4=C23)cc1. The van der Waals surface area contributed by atoms with Gasteiger partial charge in [0.2, 0.25) is 0 Å². The van der Waals surface area contributed by atoms with Crippen molar-refractivity contribution in [2.45, 2.75) is 62.6 Å². The first kappa shape index (κ1) is 19.1. The minimum Gasteiger partial charge on any atom is -0.390 e. The minimum absolute atomic E-state index is 0.108. The van der Waals surface area contributed by atoms with E-state index in [1.807, 2.05) is 20.2 Å². The summed E-state index contributed by atoms with van der Waals surface area (Å²) in [6.07, 6.45) is 6.73. The van der Waals surface area contributed by atoms with Crippen molar-refractivity contribution < 1.29 is 15.0 Å². The van der Waals surface area contributed by atoms with Gasteiger partial charge in [-0.3, -0.25) is 4.79 Å². The Morgan fingerprint density at radius 3 is 2.52 bits per heavy atom. The second-order valence-electron chi connectivity index (χ2n) is 9.65. The number of anilines is 1. The molecule has 4 heteroatoms. The van der Waals surface area contributed by atoms with Gasteiger partial charge in [-0.25, -0.2) is 0 Å². The minimum atomic E-state index is -0.995. The number of aliphatic hydroxyl groups excluding tert-OH is 1. The first-order chi connectivity index (χ1) is 13.9. The van der Waals surface area contributed by atoms with E-state index in [9.17, 15) is 15.0 Å². The fraction of sp³-hybridized carbons (Fsp3) is 0.560. The molecule has 154 valence electrons. The Morgan fingerprint density at radius 1 is 1.03 bits per heavy atom. The number of ketones is 1. The zero-order valence-electron chi connectivity index (χ0n) is 17.4. The van der Waals surface area contributed by atoms with Crippen molar-refractivity contribution in [1.29, 1.82) is 0 Å². The topological polar surface area (TPSA) is 60.8 Å². The van der Waals surface area contributed by atoms with Crippen molar-refractivity contribution in [3.8, 4) is 0 Å². The Labute approximate surface area is 172 Å². The highest BCUT2D eigenvalue weighted by Crippen LogP contribution is 2.60. The number of carbonyl (C=O) groups excluding carboxylic acids is 1. The van der Waals surface area contributed by atoms with E-state index in [0.29, 0.717) is 25.2 Å². The van der Waals surface area contributed by atoms with Crippen LogP contribution < -0.4 is 4.90 Å². The van der Waals surface area contributed by atoms with Crippen molar-refractivity contribution in [3.63, 3.8) is 0 Å². The van der Waals surface area contributed by atoms with E-state index in [2.05, 4.69) is 29.2 Å². The maximum absolute atomic E-state index is 12.0. The Hall–Kier alpha value is -1.91. The van der Waals surface area contributed by atoms with Crippen molar-refractivity contribution >= 4 is 11.5 Å². The Kier molecular flexibility index (Phi) is 4.48. The number of hydrogen-bond acceptors (Lipinski definition) is 4. The van der Waals surface area contributed by atoms with Gasteiger partial charge in [-0.2, -0.15) is 0 Å². The Bertz CT molecular complexity index is 897. The fourth-order valence-electron chi connectivity index (χ4n) is 6.55. The third-order valence-electron chi connectivity index (χ3n) is 7.99. The molecule has 4 nitrogen and oxygen atoms in total. The van der Waals surface area contributed by atoms with Crippen molar-refractivity contribution in [1.82, 2.24) is 0 Å². The number of fused-ring (bicyclic) bond motifs is 4. The van der Waals surface area contributed by atoms with Crippen LogP contribution in [0.25, 0.3) is 0 Å². The molecule has 4 aliphatic carbocycles. The van der Waals surface area contributed by atoms with E-state index < -0.39 is 11.7 Å². The number of hydrogen-bond donors (Lipinski definition) is 2. The van der Waals surface area contributed by atoms with Gasteiger partial charge >= 0.3 is 0 Å². The molecule has 2 fully saturated rings. The van der Waals surface area contributed by atoms with Gasteiger partial charge in [0.25, 0.3) is 0 Å². The maximum atomic E-state index is 12.0. The molecule has 0 spiro atoms. The molecule has 0 radical (unpaired) electrons. The summed E-state index contributed by atoms with van der Waals surface area (Å²) in [5.41, 5.74) is 5.44. The molecule has 0 amide bonds. The summed E-state index contributed by atoms with van der Waals surface area (Å²) in [7, 11) is 4.07. The summed E-state index contributed by atoms with van der Waals surface area (Å²) >= 11 is 0. The summed E-state index contributed by atoms with van der Waals surface area (Å²) < 4.78 is 0. The van der Waals surface area contributed by atoms with Crippen LogP contribution in [-0.2, 0) is 4.79 Å². The first-order valence-electron chi connectivity index (χ1n) is 11.0. The van der Waals surface area contributed by atoms with Gasteiger partial charge in [0.15, 0.2) is 5.78 Å². The molecule has 0 aromatic heterocycles. The van der Waals surface area contributed by atoms with Gasteiger partial charge in [-0.05, 0) is 85.3 Å². The van der Waals surface area contributed by atoms with Crippen molar-refractivity contribution in [2.75, 3.05) is 19.0 Å². The van der Waals surface area contributed by atoms with E-state index in [-0.39, 0.29) is 17.6 Å². The maximum Gasteiger partial charge on any atom is 0.156 e. The zero-order valence-corrected chi connectivity index (χ0v) is 17.4. The van der Waals surface area contributed by atoms with Gasteiger partial charge < -0.3 is 15.1 Å². The van der Waals surface area contributed by atoms with Gasteiger partial charge in [-0.1, -0.05) is 17.7 Å². The van der Waals surface area contributed by atoms with E-state index in [1.165, 1.54) is 22.3 Å². The highest BCUT2D eigenvalue weighted by Gasteiger charge is 2.58. The molecule has 0 aliphatic heterocycles. The second kappa shape index (κ2) is 6.82. The van der Waals surface area contributed by atoms with Crippen LogP contribution in [0.1, 0.15) is 56.4 Å². The van der Waals surface area contributed by atoms with Gasteiger partial charge in [0, 0.05) is 32.1 Å². The smallest absolute Gasteiger partial charge is 0.156 e. The summed E-state index contributed by atoms with van der Waals surface area (Å²) in [6, 6.07) is 8.64. The molecule has 5 atom stereocenters. The Balaban J connectivity index is 1.64. The van der Waals surface area contributed by atoms with Crippen LogP contribution in [0.3, 0.4) is 0 Å². The Morgan fingerprint density at radius 2 is 1.79 bits per heavy atom. The average molecular weight is 394 g/mol. The summed E-state index contributed by atoms with van der Waals surface area (Å²) in [6.45, 7) is 0. The molecule has 4 aliphatic rings. The van der Waals surface area contributed by atoms with Crippen LogP contribution in [0.2, 0.25) is 0 Å². The van der Waals surface area contributed by atoms with Gasteiger partial charge in [0.1, 0.15) is 0 Å². The predicted octanol–water partition coefficient (Wildman–Crippen LogP) is 3.74. The van der Waals surface area contributed by atoms with Crippen LogP contribution in [-0.4, -0.2) is 41.8 Å². The predicted molar refractivity (Wildman–Crippen MR) is 114 cm³/mol. The van der Waals surface area contributed by atoms with E-state index in [1.54, 1.807) is 0 Å². The van der Waals surface area contributed by atoms with E-state index >= 15 is 0 Å². The van der Waals surface area contributed by atoms with E-state index in [0.717, 1.165) is 31.4 Å². The summed E-state index contributed by atoms with van der Waals surface area (Å²) in [5, 5.41) is 22.3. The molecule has 2 saturated carbocycles. The standard InChI is InChI=1S/C25H31NO3/c1-26(2)17-6-3-15(4-7-17)21-14-25(29)22(11-12-23(25)28)20-9-5-16-13-18(27)8-10-19(16)24(20)21/h3-4,6-7,13,20-23,28-29H,5,8-12,14H2,1-2H3. The molecule has 29 heavy (non-hydrogen) atoms. The molecule has 2 N–H and O–H groups in total. The number of nitrogens with zero attached hydrogens (tertiary/aromatic N) is 1. The molecule has 1 aromatic carbocycles. The van der Waals surface area contributed by atoms with Crippen molar-refractivity contribution in [3.05, 3.63) is 52.6 Å². The van der Waals surface area contributed by atoms with Crippen LogP contribution in [0.4, 0.5) is 5.69 Å². The highest BCUT2D eigenvalue weighted by molar-refractivity contribution is 5.93. The van der Waals surface area contributed by atoms with Gasteiger partial charge in [0.05, 0.1) is 11.7 Å². The molecule has 0 heterocycles. The lowest BCUT2D eigenvalue weighted by atomic mass is 9.56. The molecular weight excluding hydrogens is 362 g/mol. The van der Waals surface area contributed by atoms with Crippen LogP contribution in [0.5, 0.6) is 0 Å². The zero-order chi connectivity index (χ0) is 20.3. The largest absolute Gasteiger partial charge is 0.390 e. The monoisotopic (exact) mass is 393 g/mol. The number of rotatable bonds is 2. The third kappa shape index (κ3) is 2.91. The molecule has 0 bridgehead atoms. The van der Waals surface area contributed by atoms with Gasteiger partial charge in [-0.15, -0.1) is 0 Å². The number of carbonyl (C=O) groups is 1. The van der Waals surface area contributed by atoms with Crippen molar-refractivity contribution in [2.24, 2.45) is 11.8 Å². The molecule has 0 saturated heterocycles. The average Bonchev–Trinajstić information content (AvgIpc) is 3.01. The number of benzene rings is 1. The lowest BCUT2D eigenvalue weighted by molar-refractivity contribution is -0.115. The summed E-state index contributed by atoms with van der Waals surface area (Å²) in [5.74, 6) is 0.802. The first-order valence-corrected chi connectivity index (χ1v) is 11.0. The van der Waals surface area contributed by atoms with E-state index in [4.69, 9.17) is 0 Å². The lowest BCUT2D eigenvalue weighted by Crippen LogP contribution is -2.52. The number of allylic oxidation sites excluding steroid dienone is 4. The quantitative estimate of drug-likeness (QED) is 0.804. The second-order valence-corrected chi connectivity index (χ2v) is 9.65. The third-order valence-corrected chi connectivity index (χ3v) is 7.99. The van der Waals surface area contributed by atoms with Crippen LogP contribution >= 0.6 is 0 Å². The fourth-order valence-corrected chi connectivity index (χ4v) is 6.55. The van der Waals surface area contributed by atoms with Crippen LogP contribution in [0, 0.1) is 11.8 Å². The lowest BCUT2D eigenvalue weighted by Gasteiger charge is -2.50. The normalized spacial score (nSPS) is 36.3. The summed E-state index contributed by atoms with van der Waals surface area (Å²) in [4.78, 5) is 14.1. The molecule has 5 unspecified atom stereocenters.